The number of rotatable bonds is 4. The lowest BCUT2D eigenvalue weighted by Gasteiger charge is -2.21. The lowest BCUT2D eigenvalue weighted by atomic mass is 10.0. The number of pyridine rings is 2. The van der Waals surface area contributed by atoms with Gasteiger partial charge < -0.3 is 15.1 Å². The molecule has 0 radical (unpaired) electrons. The van der Waals surface area contributed by atoms with E-state index in [1.807, 2.05) is 47.7 Å². The monoisotopic (exact) mass is 525 g/mol. The zero-order chi connectivity index (χ0) is 26.0. The van der Waals surface area contributed by atoms with E-state index >= 15 is 0 Å². The maximum Gasteiger partial charge on any atom is 0.258 e. The van der Waals surface area contributed by atoms with Gasteiger partial charge in [0.25, 0.3) is 5.91 Å². The summed E-state index contributed by atoms with van der Waals surface area (Å²) in [5, 5.41) is 3.32. The van der Waals surface area contributed by atoms with Crippen LogP contribution in [0.15, 0.2) is 53.6 Å². The van der Waals surface area contributed by atoms with Crippen LogP contribution >= 0.6 is 11.3 Å². The van der Waals surface area contributed by atoms with Gasteiger partial charge in [0.15, 0.2) is 5.65 Å². The lowest BCUT2D eigenvalue weighted by molar-refractivity contribution is 0.0951. The number of hydrogen-bond donors (Lipinski definition) is 1. The molecule has 2 atom stereocenters. The molecule has 2 fully saturated rings. The first-order chi connectivity index (χ1) is 18.5. The van der Waals surface area contributed by atoms with Gasteiger partial charge in [-0.1, -0.05) is 12.1 Å². The number of para-hydroxylation sites is 1. The van der Waals surface area contributed by atoms with Crippen LogP contribution in [0.4, 0.5) is 5.82 Å². The van der Waals surface area contributed by atoms with Crippen molar-refractivity contribution < 1.29 is 4.79 Å². The van der Waals surface area contributed by atoms with Crippen molar-refractivity contribution in [1.29, 1.82) is 0 Å². The smallest absolute Gasteiger partial charge is 0.258 e. The van der Waals surface area contributed by atoms with E-state index in [9.17, 15) is 9.59 Å². The largest absolute Gasteiger partial charge is 0.356 e. The van der Waals surface area contributed by atoms with Gasteiger partial charge in [-0.05, 0) is 50.1 Å². The van der Waals surface area contributed by atoms with Gasteiger partial charge >= 0.3 is 0 Å². The summed E-state index contributed by atoms with van der Waals surface area (Å²) in [6.07, 6.45) is 3.29. The third-order valence-electron chi connectivity index (χ3n) is 7.76. The molecule has 0 aliphatic carbocycles. The lowest BCUT2D eigenvalue weighted by Crippen LogP contribution is -2.30. The third kappa shape index (κ3) is 3.74. The van der Waals surface area contributed by atoms with Crippen LogP contribution < -0.4 is 15.6 Å². The van der Waals surface area contributed by atoms with E-state index in [2.05, 4.69) is 32.1 Å². The van der Waals surface area contributed by atoms with Crippen LogP contribution in [-0.4, -0.2) is 63.4 Å². The highest BCUT2D eigenvalue weighted by Crippen LogP contribution is 2.35. The van der Waals surface area contributed by atoms with Gasteiger partial charge in [0.2, 0.25) is 5.43 Å². The number of aryl methyl sites for hydroxylation is 1. The van der Waals surface area contributed by atoms with Gasteiger partial charge in [-0.3, -0.25) is 24.0 Å². The summed E-state index contributed by atoms with van der Waals surface area (Å²) in [7, 11) is 2.18. The van der Waals surface area contributed by atoms with Gasteiger partial charge in [0.05, 0.1) is 39.7 Å². The predicted molar refractivity (Wildman–Crippen MR) is 149 cm³/mol. The highest BCUT2D eigenvalue weighted by atomic mass is 32.1. The molecule has 0 bridgehead atoms. The summed E-state index contributed by atoms with van der Waals surface area (Å²) >= 11 is 1.44. The number of benzene rings is 1. The molecule has 2 aliphatic heterocycles. The first-order valence-corrected chi connectivity index (χ1v) is 13.6. The van der Waals surface area contributed by atoms with Gasteiger partial charge in [-0.2, -0.15) is 0 Å². The summed E-state index contributed by atoms with van der Waals surface area (Å²) in [6, 6.07) is 11.7. The Bertz CT molecular complexity index is 1760. The average molecular weight is 526 g/mol. The molecule has 2 saturated heterocycles. The second-order valence-electron chi connectivity index (χ2n) is 10.4. The quantitative estimate of drug-likeness (QED) is 0.385. The maximum absolute atomic E-state index is 13.8. The number of carbonyl (C=O) groups excluding carboxylic acids is 1. The van der Waals surface area contributed by atoms with Crippen LogP contribution in [-0.2, 0) is 6.54 Å². The number of nitrogens with one attached hydrogen (secondary N) is 1. The number of amides is 1. The number of likely N-dealkylation sites (tertiary alicyclic amines) is 1. The Kier molecular flexibility index (Phi) is 5.41. The van der Waals surface area contributed by atoms with Crippen LogP contribution in [0.25, 0.3) is 26.1 Å². The van der Waals surface area contributed by atoms with E-state index in [0.29, 0.717) is 33.4 Å². The molecule has 0 unspecified atom stereocenters. The fraction of sp³-hybridized carbons (Fsp3) is 0.321. The minimum absolute atomic E-state index is 0.132. The molecule has 5 aromatic rings. The standard InChI is InChI=1S/C28H27N7O2S/c1-16-9-30-19(10-29-16)11-31-27(37)24-25(36)20-7-8-23(34-14-17-12-33(2)13-18(17)15-34)32-26(20)35-21-5-3-4-6-22(21)38-28(24)35/h3-10,17-18H,11-15H2,1-2H3,(H,31,37)/t17-,18+. The predicted octanol–water partition coefficient (Wildman–Crippen LogP) is 3.09. The number of anilines is 1. The molecule has 10 heteroatoms. The van der Waals surface area contributed by atoms with Crippen LogP contribution in [0.5, 0.6) is 0 Å². The third-order valence-corrected chi connectivity index (χ3v) is 8.90. The van der Waals surface area contributed by atoms with Gasteiger partial charge in [-0.15, -0.1) is 11.3 Å². The summed E-state index contributed by atoms with van der Waals surface area (Å²) in [6.45, 7) is 6.21. The van der Waals surface area contributed by atoms with Crippen molar-refractivity contribution in [3.8, 4) is 0 Å². The molecule has 1 amide bonds. The number of thiazole rings is 1. The fourth-order valence-corrected chi connectivity index (χ4v) is 7.12. The molecular weight excluding hydrogens is 498 g/mol. The number of carbonyl (C=O) groups is 1. The van der Waals surface area contributed by atoms with E-state index in [4.69, 9.17) is 4.98 Å². The number of aromatic nitrogens is 4. The molecule has 1 aromatic carbocycles. The summed E-state index contributed by atoms with van der Waals surface area (Å²) in [5.41, 5.74) is 2.78. The highest BCUT2D eigenvalue weighted by Gasteiger charge is 2.39. The van der Waals surface area contributed by atoms with Gasteiger partial charge in [0, 0.05) is 32.4 Å². The highest BCUT2D eigenvalue weighted by molar-refractivity contribution is 7.24. The Hall–Kier alpha value is -3.89. The van der Waals surface area contributed by atoms with Crippen LogP contribution in [0.2, 0.25) is 0 Å². The van der Waals surface area contributed by atoms with Crippen molar-refractivity contribution in [2.75, 3.05) is 38.1 Å². The Labute approximate surface area is 222 Å². The zero-order valence-electron chi connectivity index (χ0n) is 21.2. The normalized spacial score (nSPS) is 19.6. The first kappa shape index (κ1) is 23.2. The van der Waals surface area contributed by atoms with E-state index in [0.717, 1.165) is 47.9 Å². The minimum atomic E-state index is -0.427. The molecule has 1 N–H and O–H groups in total. The van der Waals surface area contributed by atoms with E-state index < -0.39 is 5.91 Å². The van der Waals surface area contributed by atoms with E-state index in [1.54, 1.807) is 12.4 Å². The molecule has 2 aliphatic rings. The van der Waals surface area contributed by atoms with Gasteiger partial charge in [-0.25, -0.2) is 4.98 Å². The van der Waals surface area contributed by atoms with Crippen molar-refractivity contribution >= 4 is 49.1 Å². The van der Waals surface area contributed by atoms with Crippen molar-refractivity contribution in [3.63, 3.8) is 0 Å². The van der Waals surface area contributed by atoms with E-state index in [-0.39, 0.29) is 17.5 Å². The van der Waals surface area contributed by atoms with E-state index in [1.165, 1.54) is 11.3 Å². The molecule has 38 heavy (non-hydrogen) atoms. The molecule has 0 spiro atoms. The number of nitrogens with zero attached hydrogens (tertiary/aromatic N) is 6. The molecule has 4 aromatic heterocycles. The Balaban J connectivity index is 1.34. The second kappa shape index (κ2) is 8.85. The van der Waals surface area contributed by atoms with Crippen LogP contribution in [0.3, 0.4) is 0 Å². The average Bonchev–Trinajstić information content (AvgIpc) is 3.59. The summed E-state index contributed by atoms with van der Waals surface area (Å²) in [4.78, 5) is 46.2. The number of hydrogen-bond acceptors (Lipinski definition) is 8. The Morgan fingerprint density at radius 3 is 2.61 bits per heavy atom. The zero-order valence-corrected chi connectivity index (χ0v) is 22.0. The Morgan fingerprint density at radius 1 is 1.05 bits per heavy atom. The molecule has 0 saturated carbocycles. The van der Waals surface area contributed by atoms with Crippen molar-refractivity contribution in [2.45, 2.75) is 13.5 Å². The van der Waals surface area contributed by atoms with Gasteiger partial charge in [0.1, 0.15) is 16.2 Å². The SMILES string of the molecule is Cc1cnc(CNC(=O)c2c(=O)c3ccc(N4C[C@H]5CN(C)C[C@H]5C4)nc3n3c2sc2ccccc23)cn1. The van der Waals surface area contributed by atoms with Crippen LogP contribution in [0.1, 0.15) is 21.7 Å². The fourth-order valence-electron chi connectivity index (χ4n) is 5.94. The summed E-state index contributed by atoms with van der Waals surface area (Å²) in [5.74, 6) is 1.75. The molecule has 7 rings (SSSR count). The second-order valence-corrected chi connectivity index (χ2v) is 11.5. The minimum Gasteiger partial charge on any atom is -0.356 e. The van der Waals surface area contributed by atoms with Crippen molar-refractivity contribution in [3.05, 3.63) is 76.0 Å². The molecule has 6 heterocycles. The molecular formula is C28H27N7O2S. The van der Waals surface area contributed by atoms with Crippen LogP contribution in [0, 0.1) is 18.8 Å². The van der Waals surface area contributed by atoms with Crippen molar-refractivity contribution in [2.24, 2.45) is 11.8 Å². The number of fused-ring (bicyclic) bond motifs is 6. The first-order valence-electron chi connectivity index (χ1n) is 12.8. The summed E-state index contributed by atoms with van der Waals surface area (Å²) < 4.78 is 2.97. The molecule has 9 nitrogen and oxygen atoms in total. The van der Waals surface area contributed by atoms with Crippen molar-refractivity contribution in [1.82, 2.24) is 29.6 Å². The maximum atomic E-state index is 13.8. The molecule has 192 valence electrons. The Morgan fingerprint density at radius 2 is 1.84 bits per heavy atom. The topological polar surface area (TPSA) is 95.7 Å².